The summed E-state index contributed by atoms with van der Waals surface area (Å²) in [4.78, 5) is 21.9. The van der Waals surface area contributed by atoms with E-state index in [-0.39, 0.29) is 12.1 Å². The summed E-state index contributed by atoms with van der Waals surface area (Å²) in [5, 5.41) is 12.6. The molecular formula is C15H23IN4O3. The first-order valence-electron chi connectivity index (χ1n) is 7.91. The fourth-order valence-corrected chi connectivity index (χ4v) is 3.49. The quantitative estimate of drug-likeness (QED) is 0.669. The molecule has 1 saturated heterocycles. The lowest BCUT2D eigenvalue weighted by Gasteiger charge is -2.21. The van der Waals surface area contributed by atoms with Crippen LogP contribution in [0.15, 0.2) is 0 Å². The highest BCUT2D eigenvalue weighted by molar-refractivity contribution is 14.1. The van der Waals surface area contributed by atoms with Crippen LogP contribution in [0.5, 0.6) is 0 Å². The van der Waals surface area contributed by atoms with E-state index in [0.717, 1.165) is 33.7 Å². The molecule has 7 nitrogen and oxygen atoms in total. The molecule has 2 N–H and O–H groups in total. The van der Waals surface area contributed by atoms with Gasteiger partial charge in [0, 0.05) is 13.2 Å². The molecule has 0 bridgehead atoms. The van der Waals surface area contributed by atoms with E-state index >= 15 is 0 Å². The van der Waals surface area contributed by atoms with Crippen molar-refractivity contribution in [3.63, 3.8) is 0 Å². The smallest absolute Gasteiger partial charge is 0.407 e. The zero-order valence-corrected chi connectivity index (χ0v) is 15.8. The normalized spacial score (nSPS) is 20.8. The Morgan fingerprint density at radius 2 is 2.00 bits per heavy atom. The lowest BCUT2D eigenvalue weighted by atomic mass is 10.2. The largest absolute Gasteiger partial charge is 0.465 e. The number of hydrogen-bond donors (Lipinski definition) is 2. The van der Waals surface area contributed by atoms with E-state index in [1.165, 1.54) is 4.90 Å². The van der Waals surface area contributed by atoms with Crippen molar-refractivity contribution in [2.75, 3.05) is 25.0 Å². The molecule has 0 unspecified atom stereocenters. The molecule has 8 heteroatoms. The molecule has 2 heterocycles. The monoisotopic (exact) mass is 434 g/mol. The van der Waals surface area contributed by atoms with Crippen LogP contribution >= 0.6 is 22.6 Å². The highest BCUT2D eigenvalue weighted by Gasteiger charge is 2.36. The molecule has 2 atom stereocenters. The molecule has 0 aliphatic carbocycles. The van der Waals surface area contributed by atoms with E-state index in [0.29, 0.717) is 19.7 Å². The number of nitrogens with one attached hydrogen (secondary N) is 1. The molecule has 0 saturated carbocycles. The highest BCUT2D eigenvalue weighted by atomic mass is 127. The second kappa shape index (κ2) is 8.09. The van der Waals surface area contributed by atoms with Gasteiger partial charge in [0.1, 0.15) is 9.52 Å². The van der Waals surface area contributed by atoms with Crippen LogP contribution in [-0.4, -0.2) is 57.9 Å². The highest BCUT2D eigenvalue weighted by Crippen LogP contribution is 2.22. The van der Waals surface area contributed by atoms with Crippen LogP contribution in [-0.2, 0) is 17.6 Å². The van der Waals surface area contributed by atoms with Crippen LogP contribution in [0.3, 0.4) is 0 Å². The molecular weight excluding hydrogens is 411 g/mol. The second-order valence-corrected chi connectivity index (χ2v) is 6.42. The van der Waals surface area contributed by atoms with E-state index in [1.54, 1.807) is 0 Å². The topological polar surface area (TPSA) is 87.6 Å². The second-order valence-electron chi connectivity index (χ2n) is 5.40. The number of ether oxygens (including phenoxy) is 1. The summed E-state index contributed by atoms with van der Waals surface area (Å²) < 4.78 is 6.63. The summed E-state index contributed by atoms with van der Waals surface area (Å²) in [7, 11) is 0. The maximum absolute atomic E-state index is 11.2. The summed E-state index contributed by atoms with van der Waals surface area (Å²) >= 11 is 2.21. The number of carbonyl (C=O) groups is 1. The first-order chi connectivity index (χ1) is 11.0. The van der Waals surface area contributed by atoms with Gasteiger partial charge in [0.2, 0.25) is 0 Å². The van der Waals surface area contributed by atoms with Crippen molar-refractivity contribution >= 4 is 34.5 Å². The van der Waals surface area contributed by atoms with Crippen LogP contribution in [0.25, 0.3) is 0 Å². The predicted octanol–water partition coefficient (Wildman–Crippen LogP) is 2.39. The number of hydrogen-bond acceptors (Lipinski definition) is 5. The van der Waals surface area contributed by atoms with Crippen LogP contribution in [0.1, 0.15) is 32.2 Å². The molecule has 1 aliphatic rings. The third-order valence-electron chi connectivity index (χ3n) is 3.90. The van der Waals surface area contributed by atoms with Gasteiger partial charge < -0.3 is 20.1 Å². The molecule has 2 rings (SSSR count). The average Bonchev–Trinajstić information content (AvgIpc) is 2.92. The van der Waals surface area contributed by atoms with Crippen LogP contribution in [0, 0.1) is 3.70 Å². The zero-order valence-electron chi connectivity index (χ0n) is 13.7. The van der Waals surface area contributed by atoms with Gasteiger partial charge in [0.15, 0.2) is 0 Å². The van der Waals surface area contributed by atoms with E-state index in [4.69, 9.17) is 4.74 Å². The first kappa shape index (κ1) is 18.2. The Balaban J connectivity index is 2.23. The molecule has 1 aliphatic heterocycles. The van der Waals surface area contributed by atoms with Gasteiger partial charge in [-0.3, -0.25) is 0 Å². The van der Waals surface area contributed by atoms with E-state index in [2.05, 4.69) is 37.9 Å². The number of nitrogens with zero attached hydrogens (tertiary/aromatic N) is 3. The molecule has 128 valence electrons. The fraction of sp³-hybridized carbons (Fsp3) is 0.667. The Morgan fingerprint density at radius 1 is 1.30 bits per heavy atom. The van der Waals surface area contributed by atoms with Gasteiger partial charge in [-0.25, -0.2) is 14.8 Å². The molecule has 1 aromatic heterocycles. The van der Waals surface area contributed by atoms with Gasteiger partial charge in [-0.05, 0) is 42.4 Å². The van der Waals surface area contributed by atoms with Gasteiger partial charge in [0.05, 0.1) is 30.1 Å². The Bertz CT molecular complexity index is 570. The van der Waals surface area contributed by atoms with Crippen LogP contribution < -0.4 is 5.32 Å². The molecule has 0 radical (unpaired) electrons. The summed E-state index contributed by atoms with van der Waals surface area (Å²) in [5.41, 5.74) is 1.85. The lowest BCUT2D eigenvalue weighted by Crippen LogP contribution is -2.35. The minimum absolute atomic E-state index is 0.115. The molecule has 0 aromatic carbocycles. The first-order valence-corrected chi connectivity index (χ1v) is 8.99. The van der Waals surface area contributed by atoms with E-state index in [9.17, 15) is 9.90 Å². The third-order valence-corrected chi connectivity index (χ3v) is 4.76. The van der Waals surface area contributed by atoms with Gasteiger partial charge in [-0.15, -0.1) is 0 Å². The SMILES string of the molecule is CCO[C@H]1CN(C(=O)O)C[C@H]1Nc1nc(CC)c(I)nc1CC. The number of halogens is 1. The Kier molecular flexibility index (Phi) is 6.40. The van der Waals surface area contributed by atoms with Gasteiger partial charge >= 0.3 is 6.09 Å². The van der Waals surface area contributed by atoms with Crippen molar-refractivity contribution in [3.8, 4) is 0 Å². The van der Waals surface area contributed by atoms with Gasteiger partial charge in [-0.2, -0.15) is 0 Å². The Morgan fingerprint density at radius 3 is 2.57 bits per heavy atom. The van der Waals surface area contributed by atoms with Crippen LogP contribution in [0.4, 0.5) is 10.6 Å². The van der Waals surface area contributed by atoms with Gasteiger partial charge in [0.25, 0.3) is 0 Å². The number of amides is 1. The number of aryl methyl sites for hydroxylation is 2. The minimum atomic E-state index is -0.919. The summed E-state index contributed by atoms with van der Waals surface area (Å²) in [6.45, 7) is 7.31. The molecule has 1 aromatic rings. The summed E-state index contributed by atoms with van der Waals surface area (Å²) in [5.74, 6) is 0.742. The zero-order chi connectivity index (χ0) is 17.0. The Labute approximate surface area is 150 Å². The van der Waals surface area contributed by atoms with Crippen molar-refractivity contribution in [2.45, 2.75) is 45.8 Å². The molecule has 1 fully saturated rings. The van der Waals surface area contributed by atoms with Crippen molar-refractivity contribution in [2.24, 2.45) is 0 Å². The lowest BCUT2D eigenvalue weighted by molar-refractivity contribution is 0.0629. The number of aromatic nitrogens is 2. The standard InChI is InChI=1S/C15H23IN4O3/c1-4-9-13(16)17-10(5-2)14(18-9)19-11-7-20(15(21)22)8-12(11)23-6-3/h11-12H,4-8H2,1-3H3,(H,18,19)(H,21,22)/t11-,12+/m1/s1. The van der Waals surface area contributed by atoms with Crippen molar-refractivity contribution in [3.05, 3.63) is 15.1 Å². The van der Waals surface area contributed by atoms with E-state index in [1.807, 2.05) is 20.8 Å². The van der Waals surface area contributed by atoms with Crippen molar-refractivity contribution in [1.29, 1.82) is 0 Å². The molecule has 1 amide bonds. The summed E-state index contributed by atoms with van der Waals surface area (Å²) in [6.07, 6.45) is 0.485. The number of anilines is 1. The molecule has 23 heavy (non-hydrogen) atoms. The maximum Gasteiger partial charge on any atom is 0.407 e. The predicted molar refractivity (Wildman–Crippen MR) is 95.9 cm³/mol. The fourth-order valence-electron chi connectivity index (χ4n) is 2.70. The van der Waals surface area contributed by atoms with Crippen molar-refractivity contribution in [1.82, 2.24) is 14.9 Å². The summed E-state index contributed by atoms with van der Waals surface area (Å²) in [6, 6.07) is -0.115. The van der Waals surface area contributed by atoms with Crippen LogP contribution in [0.2, 0.25) is 0 Å². The molecule has 0 spiro atoms. The number of rotatable bonds is 6. The minimum Gasteiger partial charge on any atom is -0.465 e. The number of carboxylic acid groups (broad SMARTS) is 1. The average molecular weight is 434 g/mol. The number of likely N-dealkylation sites (tertiary alicyclic amines) is 1. The van der Waals surface area contributed by atoms with Gasteiger partial charge in [-0.1, -0.05) is 13.8 Å². The van der Waals surface area contributed by atoms with E-state index < -0.39 is 6.09 Å². The maximum atomic E-state index is 11.2. The van der Waals surface area contributed by atoms with Crippen molar-refractivity contribution < 1.29 is 14.6 Å². The Hall–Kier alpha value is -1.16. The third kappa shape index (κ3) is 4.23.